The Morgan fingerprint density at radius 2 is 2.04 bits per heavy atom. The van der Waals surface area contributed by atoms with Crippen molar-refractivity contribution in [3.8, 4) is 0 Å². The summed E-state index contributed by atoms with van der Waals surface area (Å²) in [7, 11) is 0. The van der Waals surface area contributed by atoms with E-state index in [9.17, 15) is 14.4 Å². The molecule has 1 aromatic heterocycles. The van der Waals surface area contributed by atoms with Crippen LogP contribution in [0.15, 0.2) is 23.0 Å². The highest BCUT2D eigenvalue weighted by Gasteiger charge is 2.13. The molecular formula is C17H21N3O4. The van der Waals surface area contributed by atoms with Crippen molar-refractivity contribution in [1.82, 2.24) is 14.9 Å². The SMILES string of the molecule is CCCNC(=O)COC(=O)c1ccc2c(c1)nc(C)c(=O)n2CC. The van der Waals surface area contributed by atoms with E-state index in [-0.39, 0.29) is 18.1 Å². The molecule has 0 spiro atoms. The summed E-state index contributed by atoms with van der Waals surface area (Å²) in [5.41, 5.74) is 1.71. The van der Waals surface area contributed by atoms with Gasteiger partial charge in [-0.25, -0.2) is 9.78 Å². The molecule has 0 saturated carbocycles. The average molecular weight is 331 g/mol. The van der Waals surface area contributed by atoms with E-state index in [0.29, 0.717) is 35.4 Å². The minimum atomic E-state index is -0.600. The maximum absolute atomic E-state index is 12.1. The van der Waals surface area contributed by atoms with Crippen LogP contribution in [0, 0.1) is 6.92 Å². The number of carbonyl (C=O) groups excluding carboxylic acids is 2. The average Bonchev–Trinajstić information content (AvgIpc) is 2.58. The number of aryl methyl sites for hydroxylation is 2. The number of ether oxygens (including phenoxy) is 1. The fourth-order valence-electron chi connectivity index (χ4n) is 2.35. The fraction of sp³-hybridized carbons (Fsp3) is 0.412. The third-order valence-corrected chi connectivity index (χ3v) is 3.57. The molecule has 0 unspecified atom stereocenters. The quantitative estimate of drug-likeness (QED) is 0.808. The number of amides is 1. The molecule has 0 bridgehead atoms. The maximum atomic E-state index is 12.1. The molecule has 7 heteroatoms. The lowest BCUT2D eigenvalue weighted by atomic mass is 10.2. The zero-order chi connectivity index (χ0) is 17.7. The second-order valence-electron chi connectivity index (χ2n) is 5.38. The van der Waals surface area contributed by atoms with Crippen LogP contribution in [0.3, 0.4) is 0 Å². The van der Waals surface area contributed by atoms with Crippen molar-refractivity contribution in [1.29, 1.82) is 0 Å². The van der Waals surface area contributed by atoms with Gasteiger partial charge in [-0.05, 0) is 38.5 Å². The predicted octanol–water partition coefficient (Wildman–Crippen LogP) is 1.41. The summed E-state index contributed by atoms with van der Waals surface area (Å²) in [4.78, 5) is 39.9. The Morgan fingerprint density at radius 3 is 2.71 bits per heavy atom. The Bertz CT molecular complexity index is 826. The first kappa shape index (κ1) is 17.7. The Morgan fingerprint density at radius 1 is 1.29 bits per heavy atom. The van der Waals surface area contributed by atoms with Crippen LogP contribution >= 0.6 is 0 Å². The van der Waals surface area contributed by atoms with Gasteiger partial charge in [-0.15, -0.1) is 0 Å². The minimum Gasteiger partial charge on any atom is -0.452 e. The lowest BCUT2D eigenvalue weighted by Crippen LogP contribution is -2.29. The molecule has 0 atom stereocenters. The van der Waals surface area contributed by atoms with Crippen LogP contribution in [0.5, 0.6) is 0 Å². The molecule has 1 N–H and O–H groups in total. The lowest BCUT2D eigenvalue weighted by molar-refractivity contribution is -0.124. The molecule has 2 rings (SSSR count). The molecule has 128 valence electrons. The third kappa shape index (κ3) is 3.79. The maximum Gasteiger partial charge on any atom is 0.338 e. The van der Waals surface area contributed by atoms with Gasteiger partial charge >= 0.3 is 5.97 Å². The fourth-order valence-corrected chi connectivity index (χ4v) is 2.35. The normalized spacial score (nSPS) is 10.6. The van der Waals surface area contributed by atoms with Gasteiger partial charge in [-0.1, -0.05) is 6.92 Å². The number of carbonyl (C=O) groups is 2. The number of nitrogens with zero attached hydrogens (tertiary/aromatic N) is 2. The monoisotopic (exact) mass is 331 g/mol. The number of hydrogen-bond acceptors (Lipinski definition) is 5. The molecule has 1 amide bonds. The summed E-state index contributed by atoms with van der Waals surface area (Å²) >= 11 is 0. The standard InChI is InChI=1S/C17H21N3O4/c1-4-8-18-15(21)10-24-17(23)12-6-7-14-13(9-12)19-11(3)16(22)20(14)5-2/h6-7,9H,4-5,8,10H2,1-3H3,(H,18,21). The van der Waals surface area contributed by atoms with Crippen molar-refractivity contribution in [2.75, 3.05) is 13.2 Å². The van der Waals surface area contributed by atoms with E-state index >= 15 is 0 Å². The molecule has 0 saturated heterocycles. The van der Waals surface area contributed by atoms with Crippen molar-refractivity contribution < 1.29 is 14.3 Å². The van der Waals surface area contributed by atoms with Crippen LogP contribution < -0.4 is 10.9 Å². The van der Waals surface area contributed by atoms with Gasteiger partial charge < -0.3 is 14.6 Å². The number of aromatic nitrogens is 2. The van der Waals surface area contributed by atoms with Gasteiger partial charge in [0.2, 0.25) is 0 Å². The van der Waals surface area contributed by atoms with Gasteiger partial charge in [0.05, 0.1) is 16.6 Å². The molecule has 2 aromatic rings. The van der Waals surface area contributed by atoms with Crippen molar-refractivity contribution in [3.05, 3.63) is 39.8 Å². The highest BCUT2D eigenvalue weighted by atomic mass is 16.5. The number of esters is 1. The molecule has 0 aliphatic rings. The van der Waals surface area contributed by atoms with Crippen LogP contribution in [0.4, 0.5) is 0 Å². The van der Waals surface area contributed by atoms with Crippen LogP contribution in [-0.4, -0.2) is 34.6 Å². The van der Waals surface area contributed by atoms with E-state index in [4.69, 9.17) is 4.74 Å². The second-order valence-corrected chi connectivity index (χ2v) is 5.38. The topological polar surface area (TPSA) is 90.3 Å². The highest BCUT2D eigenvalue weighted by molar-refractivity contribution is 5.94. The lowest BCUT2D eigenvalue weighted by Gasteiger charge is -2.10. The van der Waals surface area contributed by atoms with Crippen LogP contribution in [0.1, 0.15) is 36.3 Å². The van der Waals surface area contributed by atoms with Crippen molar-refractivity contribution >= 4 is 22.9 Å². The molecule has 0 radical (unpaired) electrons. The Hall–Kier alpha value is -2.70. The largest absolute Gasteiger partial charge is 0.452 e. The Kier molecular flexibility index (Phi) is 5.68. The van der Waals surface area contributed by atoms with E-state index < -0.39 is 5.97 Å². The van der Waals surface area contributed by atoms with Crippen LogP contribution in [0.25, 0.3) is 11.0 Å². The Labute approximate surface area is 139 Å². The summed E-state index contributed by atoms with van der Waals surface area (Å²) in [6.45, 7) is 6.18. The van der Waals surface area contributed by atoms with Crippen molar-refractivity contribution in [3.63, 3.8) is 0 Å². The highest BCUT2D eigenvalue weighted by Crippen LogP contribution is 2.14. The van der Waals surface area contributed by atoms with E-state index in [0.717, 1.165) is 6.42 Å². The van der Waals surface area contributed by atoms with Crippen LogP contribution in [0.2, 0.25) is 0 Å². The van der Waals surface area contributed by atoms with Crippen molar-refractivity contribution in [2.24, 2.45) is 0 Å². The summed E-state index contributed by atoms with van der Waals surface area (Å²) in [6.07, 6.45) is 0.814. The van der Waals surface area contributed by atoms with E-state index in [2.05, 4.69) is 10.3 Å². The zero-order valence-electron chi connectivity index (χ0n) is 14.1. The van der Waals surface area contributed by atoms with Gasteiger partial charge in [0.1, 0.15) is 5.69 Å². The van der Waals surface area contributed by atoms with E-state index in [1.165, 1.54) is 0 Å². The molecule has 0 fully saturated rings. The number of fused-ring (bicyclic) bond motifs is 1. The van der Waals surface area contributed by atoms with E-state index in [1.807, 2.05) is 13.8 Å². The predicted molar refractivity (Wildman–Crippen MR) is 90.0 cm³/mol. The smallest absolute Gasteiger partial charge is 0.338 e. The molecule has 7 nitrogen and oxygen atoms in total. The van der Waals surface area contributed by atoms with E-state index in [1.54, 1.807) is 29.7 Å². The number of benzene rings is 1. The zero-order valence-corrected chi connectivity index (χ0v) is 14.1. The Balaban J connectivity index is 2.21. The second kappa shape index (κ2) is 7.72. The first-order valence-electron chi connectivity index (χ1n) is 7.93. The molecule has 0 aliphatic heterocycles. The molecule has 1 heterocycles. The van der Waals surface area contributed by atoms with Gasteiger partial charge in [0, 0.05) is 13.1 Å². The molecule has 1 aromatic carbocycles. The number of rotatable bonds is 6. The van der Waals surface area contributed by atoms with Crippen molar-refractivity contribution in [2.45, 2.75) is 33.7 Å². The first-order chi connectivity index (χ1) is 11.5. The van der Waals surface area contributed by atoms with Crippen LogP contribution in [-0.2, 0) is 16.1 Å². The number of nitrogens with one attached hydrogen (secondary N) is 1. The minimum absolute atomic E-state index is 0.145. The van der Waals surface area contributed by atoms with Gasteiger partial charge in [-0.2, -0.15) is 0 Å². The van der Waals surface area contributed by atoms with Gasteiger partial charge in [0.25, 0.3) is 11.5 Å². The first-order valence-corrected chi connectivity index (χ1v) is 7.93. The third-order valence-electron chi connectivity index (χ3n) is 3.57. The molecule has 0 aliphatic carbocycles. The summed E-state index contributed by atoms with van der Waals surface area (Å²) in [6, 6.07) is 4.80. The van der Waals surface area contributed by atoms with Gasteiger partial charge in [-0.3, -0.25) is 9.59 Å². The number of hydrogen-bond donors (Lipinski definition) is 1. The molecule has 24 heavy (non-hydrogen) atoms. The van der Waals surface area contributed by atoms with Gasteiger partial charge in [0.15, 0.2) is 6.61 Å². The molecular weight excluding hydrogens is 310 g/mol. The summed E-state index contributed by atoms with van der Waals surface area (Å²) < 4.78 is 6.60. The summed E-state index contributed by atoms with van der Waals surface area (Å²) in [5.74, 6) is -0.933. The summed E-state index contributed by atoms with van der Waals surface area (Å²) in [5, 5.41) is 2.63.